The number of ether oxygens (including phenoxy) is 3. The van der Waals surface area contributed by atoms with Crippen molar-refractivity contribution in [2.45, 2.75) is 73.3 Å². The molecule has 0 aliphatic rings. The lowest BCUT2D eigenvalue weighted by Gasteiger charge is -2.06. The fraction of sp³-hybridized carbons (Fsp3) is 0.213. The molecule has 0 unspecified atom stereocenters. The molecule has 0 fully saturated rings. The number of hydrogen-bond donors (Lipinski definition) is 4. The third kappa shape index (κ3) is 16.5. The molecule has 0 spiro atoms. The summed E-state index contributed by atoms with van der Waals surface area (Å²) in [6.45, 7) is 10.5. The van der Waals surface area contributed by atoms with E-state index in [0.29, 0.717) is 73.1 Å². The molecular weight excluding hydrogens is 983 g/mol. The fourth-order valence-electron chi connectivity index (χ4n) is 7.85. The predicted octanol–water partition coefficient (Wildman–Crippen LogP) is 12.0. The van der Waals surface area contributed by atoms with Gasteiger partial charge in [-0.3, -0.25) is 14.4 Å². The minimum atomic E-state index is -0.858. The van der Waals surface area contributed by atoms with E-state index >= 15 is 0 Å². The fourth-order valence-corrected chi connectivity index (χ4v) is 7.85. The zero-order valence-corrected chi connectivity index (χ0v) is 43.3. The van der Waals surface area contributed by atoms with E-state index in [1.54, 1.807) is 66.7 Å². The van der Waals surface area contributed by atoms with Crippen molar-refractivity contribution in [2.75, 3.05) is 13.2 Å². The summed E-state index contributed by atoms with van der Waals surface area (Å²) in [5.41, 5.74) is 8.86. The molecular formula is C61H59N3O13. The first-order valence-corrected chi connectivity index (χ1v) is 24.7. The van der Waals surface area contributed by atoms with E-state index in [1.807, 2.05) is 113 Å². The Balaban J connectivity index is 0.000000168. The van der Waals surface area contributed by atoms with Crippen LogP contribution >= 0.6 is 0 Å². The van der Waals surface area contributed by atoms with Crippen LogP contribution in [0.3, 0.4) is 0 Å². The summed E-state index contributed by atoms with van der Waals surface area (Å²) in [7, 11) is 0. The minimum absolute atomic E-state index is 0.00258. The highest BCUT2D eigenvalue weighted by molar-refractivity contribution is 5.71. The van der Waals surface area contributed by atoms with Crippen LogP contribution in [0.15, 0.2) is 159 Å². The summed E-state index contributed by atoms with van der Waals surface area (Å²) in [6, 6.07) is 44.3. The van der Waals surface area contributed by atoms with Crippen molar-refractivity contribution in [3.8, 4) is 57.4 Å². The Morgan fingerprint density at radius 2 is 0.831 bits per heavy atom. The molecule has 9 aromatic rings. The van der Waals surface area contributed by atoms with Crippen molar-refractivity contribution in [2.24, 2.45) is 0 Å². The molecule has 0 saturated carbocycles. The molecule has 16 heteroatoms. The van der Waals surface area contributed by atoms with Gasteiger partial charge in [0.05, 0.1) is 43.9 Å². The van der Waals surface area contributed by atoms with Crippen molar-refractivity contribution in [1.29, 1.82) is 0 Å². The van der Waals surface area contributed by atoms with Crippen molar-refractivity contribution >= 4 is 17.9 Å². The summed E-state index contributed by atoms with van der Waals surface area (Å²) >= 11 is 0. The van der Waals surface area contributed by atoms with Crippen molar-refractivity contribution < 1.29 is 62.3 Å². The molecule has 16 nitrogen and oxygen atoms in total. The lowest BCUT2D eigenvalue weighted by Crippen LogP contribution is -2.04. The standard InChI is InChI=1S/C22H23NO5.C20H19NO4.C19H17NO4/c1-13-10-17(11-14(2)21(13)26)22-23-19(15(3)28-22)8-9-27-18-6-4-16(5-7-18)12-20(24)25;1-14-18(21-20(25-14)16-7-3-2-4-8-16)10-11-24-17-9-5-6-15(12-17)13-19(22)23;1-13-17(20-19(24-13)15-5-3-2-4-6-15)12-23-16-9-7-14(8-10-16)11-18(21)22/h4-7,10-11,26H,8-9,12H2,1-3H3,(H,24,25);2-9,12H,10-11,13H2,1H3,(H,22,23);2-10H,11-12H2,1H3,(H,21,22). The molecule has 0 radical (unpaired) electrons. The van der Waals surface area contributed by atoms with E-state index in [4.69, 9.17) is 42.8 Å². The Morgan fingerprint density at radius 1 is 0.429 bits per heavy atom. The molecule has 0 amide bonds. The van der Waals surface area contributed by atoms with Crippen LogP contribution in [-0.2, 0) is 53.1 Å². The van der Waals surface area contributed by atoms with E-state index in [2.05, 4.69) is 15.0 Å². The maximum Gasteiger partial charge on any atom is 0.307 e. The Morgan fingerprint density at radius 3 is 1.30 bits per heavy atom. The maximum atomic E-state index is 10.8. The minimum Gasteiger partial charge on any atom is -0.507 e. The first-order chi connectivity index (χ1) is 37.1. The van der Waals surface area contributed by atoms with Gasteiger partial charge in [0.1, 0.15) is 52.6 Å². The number of aryl methyl sites for hydroxylation is 5. The van der Waals surface area contributed by atoms with Gasteiger partial charge in [-0.1, -0.05) is 72.8 Å². The lowest BCUT2D eigenvalue weighted by atomic mass is 10.1. The molecule has 0 bridgehead atoms. The zero-order valence-electron chi connectivity index (χ0n) is 43.3. The molecule has 6 aromatic carbocycles. The van der Waals surface area contributed by atoms with Gasteiger partial charge in [-0.2, -0.15) is 0 Å². The van der Waals surface area contributed by atoms with Gasteiger partial charge in [-0.15, -0.1) is 0 Å². The number of aromatic nitrogens is 3. The second-order valence-corrected chi connectivity index (χ2v) is 17.9. The number of carboxylic acids is 3. The highest BCUT2D eigenvalue weighted by Crippen LogP contribution is 2.30. The molecule has 3 heterocycles. The average molecular weight is 1040 g/mol. The Kier molecular flexibility index (Phi) is 19.2. The Labute approximate surface area is 445 Å². The molecule has 77 heavy (non-hydrogen) atoms. The number of rotatable bonds is 20. The quantitative estimate of drug-likeness (QED) is 0.0555. The topological polar surface area (TPSA) is 238 Å². The highest BCUT2D eigenvalue weighted by Gasteiger charge is 2.16. The monoisotopic (exact) mass is 1040 g/mol. The lowest BCUT2D eigenvalue weighted by molar-refractivity contribution is -0.137. The van der Waals surface area contributed by atoms with Crippen LogP contribution in [0, 0.1) is 34.6 Å². The van der Waals surface area contributed by atoms with Crippen molar-refractivity contribution in [1.82, 2.24) is 15.0 Å². The number of phenolic OH excluding ortho intramolecular Hbond substituents is 1. The van der Waals surface area contributed by atoms with Gasteiger partial charge in [0.2, 0.25) is 17.7 Å². The average Bonchev–Trinajstić information content (AvgIpc) is 4.11. The third-order valence-electron chi connectivity index (χ3n) is 11.9. The van der Waals surface area contributed by atoms with Crippen LogP contribution in [-0.4, -0.2) is 66.5 Å². The van der Waals surface area contributed by atoms with Crippen LogP contribution < -0.4 is 14.2 Å². The van der Waals surface area contributed by atoms with Crippen LogP contribution in [0.4, 0.5) is 0 Å². The van der Waals surface area contributed by atoms with Gasteiger partial charge in [0.25, 0.3) is 0 Å². The number of nitrogens with zero attached hydrogens (tertiary/aromatic N) is 3. The van der Waals surface area contributed by atoms with Crippen LogP contribution in [0.5, 0.6) is 23.0 Å². The summed E-state index contributed by atoms with van der Waals surface area (Å²) < 4.78 is 34.4. The van der Waals surface area contributed by atoms with Gasteiger partial charge in [0, 0.05) is 29.5 Å². The number of hydrogen-bond acceptors (Lipinski definition) is 13. The number of aromatic hydroxyl groups is 1. The van der Waals surface area contributed by atoms with Gasteiger partial charge in [-0.05, 0) is 135 Å². The Hall–Kier alpha value is -9.44. The van der Waals surface area contributed by atoms with Gasteiger partial charge >= 0.3 is 17.9 Å². The van der Waals surface area contributed by atoms with Crippen LogP contribution in [0.25, 0.3) is 34.4 Å². The number of benzene rings is 6. The second kappa shape index (κ2) is 26.7. The number of oxazole rings is 3. The predicted molar refractivity (Wildman–Crippen MR) is 287 cm³/mol. The molecule has 0 aliphatic carbocycles. The molecule has 4 N–H and O–H groups in total. The van der Waals surface area contributed by atoms with Gasteiger partial charge < -0.3 is 47.9 Å². The normalized spacial score (nSPS) is 10.7. The largest absolute Gasteiger partial charge is 0.507 e. The highest BCUT2D eigenvalue weighted by atomic mass is 16.5. The van der Waals surface area contributed by atoms with E-state index < -0.39 is 17.9 Å². The van der Waals surface area contributed by atoms with E-state index in [0.717, 1.165) is 73.3 Å². The maximum absolute atomic E-state index is 10.8. The zero-order chi connectivity index (χ0) is 54.8. The summed E-state index contributed by atoms with van der Waals surface area (Å²) in [4.78, 5) is 45.8. The number of carboxylic acid groups (broad SMARTS) is 3. The van der Waals surface area contributed by atoms with Crippen LogP contribution in [0.1, 0.15) is 62.2 Å². The summed E-state index contributed by atoms with van der Waals surface area (Å²) in [6.07, 6.45) is 1.19. The molecule has 0 saturated heterocycles. The van der Waals surface area contributed by atoms with Crippen molar-refractivity contribution in [3.63, 3.8) is 0 Å². The molecule has 396 valence electrons. The van der Waals surface area contributed by atoms with E-state index in [-0.39, 0.29) is 25.0 Å². The smallest absolute Gasteiger partial charge is 0.307 e. The number of aliphatic carboxylic acids is 3. The van der Waals surface area contributed by atoms with Gasteiger partial charge in [0.15, 0.2) is 0 Å². The third-order valence-corrected chi connectivity index (χ3v) is 11.9. The second-order valence-electron chi connectivity index (χ2n) is 17.9. The molecule has 0 atom stereocenters. The molecule has 0 aliphatic heterocycles. The summed E-state index contributed by atoms with van der Waals surface area (Å²) in [5.74, 6) is 3.66. The first-order valence-electron chi connectivity index (χ1n) is 24.7. The van der Waals surface area contributed by atoms with Crippen molar-refractivity contribution in [3.05, 3.63) is 208 Å². The summed E-state index contributed by atoms with van der Waals surface area (Å²) in [5, 5.41) is 36.3. The SMILES string of the molecule is Cc1cc(-c2nc(CCOc3ccc(CC(=O)O)cc3)c(C)o2)cc(C)c1O.Cc1oc(-c2ccccc2)nc1CCOc1cccc(CC(=O)O)c1.Cc1oc(-c2ccccc2)nc1COc1ccc(CC(=O)O)cc1. The molecule has 9 rings (SSSR count). The number of carbonyl (C=O) groups is 3. The van der Waals surface area contributed by atoms with E-state index in [9.17, 15) is 19.5 Å². The molecule has 3 aromatic heterocycles. The van der Waals surface area contributed by atoms with Gasteiger partial charge in [-0.25, -0.2) is 15.0 Å². The number of phenols is 1. The Bertz CT molecular complexity index is 3360. The first kappa shape index (κ1) is 55.3. The van der Waals surface area contributed by atoms with Crippen LogP contribution in [0.2, 0.25) is 0 Å². The van der Waals surface area contributed by atoms with E-state index in [1.165, 1.54) is 0 Å².